The molecule has 2 atom stereocenters. The van der Waals surface area contributed by atoms with Crippen LogP contribution in [0.15, 0.2) is 18.2 Å². The molecule has 0 saturated carbocycles. The van der Waals surface area contributed by atoms with E-state index in [-0.39, 0.29) is 23.3 Å². The molecule has 1 unspecified atom stereocenters. The number of carboxylic acids is 2. The van der Waals surface area contributed by atoms with Crippen LogP contribution in [0.1, 0.15) is 49.0 Å². The predicted molar refractivity (Wildman–Crippen MR) is 75.3 cm³/mol. The molecular formula is C15H20O6. The number of hydrogen-bond acceptors (Lipinski definition) is 4. The number of aromatic hydroxyl groups is 1. The number of rotatable bonds is 7. The lowest BCUT2D eigenvalue weighted by atomic mass is 9.88. The van der Waals surface area contributed by atoms with E-state index in [9.17, 15) is 19.8 Å². The van der Waals surface area contributed by atoms with Gasteiger partial charge in [0, 0.05) is 5.56 Å². The van der Waals surface area contributed by atoms with Gasteiger partial charge >= 0.3 is 11.9 Å². The minimum Gasteiger partial charge on any atom is -0.508 e. The summed E-state index contributed by atoms with van der Waals surface area (Å²) < 4.78 is 0. The van der Waals surface area contributed by atoms with Crippen molar-refractivity contribution in [3.63, 3.8) is 0 Å². The maximum absolute atomic E-state index is 10.8. The zero-order valence-corrected chi connectivity index (χ0v) is 12.0. The molecule has 0 fully saturated rings. The van der Waals surface area contributed by atoms with Crippen LogP contribution in [-0.4, -0.2) is 32.4 Å². The van der Waals surface area contributed by atoms with E-state index in [1.165, 1.54) is 19.1 Å². The van der Waals surface area contributed by atoms with Gasteiger partial charge in [-0.05, 0) is 38.3 Å². The number of aliphatic carboxylic acids is 1. The molecule has 0 aliphatic heterocycles. The largest absolute Gasteiger partial charge is 0.508 e. The average Bonchev–Trinajstić information content (AvgIpc) is 2.37. The highest BCUT2D eigenvalue weighted by Crippen LogP contribution is 2.34. The van der Waals surface area contributed by atoms with Crippen LogP contribution in [-0.2, 0) is 10.4 Å². The van der Waals surface area contributed by atoms with Crippen LogP contribution in [0.4, 0.5) is 0 Å². The Balaban J connectivity index is 2.78. The van der Waals surface area contributed by atoms with Gasteiger partial charge in [-0.3, -0.25) is 4.79 Å². The molecular weight excluding hydrogens is 276 g/mol. The highest BCUT2D eigenvalue weighted by atomic mass is 16.4. The molecule has 0 aliphatic rings. The molecule has 1 aromatic carbocycles. The first-order chi connectivity index (χ1) is 9.65. The van der Waals surface area contributed by atoms with Gasteiger partial charge in [-0.15, -0.1) is 0 Å². The molecule has 1 aromatic rings. The topological polar surface area (TPSA) is 115 Å². The van der Waals surface area contributed by atoms with Crippen molar-refractivity contribution in [2.24, 2.45) is 5.92 Å². The minimum atomic E-state index is -1.35. The Kier molecular flexibility index (Phi) is 5.32. The number of carboxylic acid groups (broad SMARTS) is 2. The van der Waals surface area contributed by atoms with Gasteiger partial charge in [0.05, 0.1) is 17.1 Å². The van der Waals surface area contributed by atoms with Crippen LogP contribution in [0.25, 0.3) is 0 Å². The molecule has 4 N–H and O–H groups in total. The summed E-state index contributed by atoms with van der Waals surface area (Å²) in [6, 6.07) is 3.77. The summed E-state index contributed by atoms with van der Waals surface area (Å²) in [4.78, 5) is 21.5. The molecule has 6 heteroatoms. The fourth-order valence-electron chi connectivity index (χ4n) is 2.13. The summed E-state index contributed by atoms with van der Waals surface area (Å²) in [6.07, 6.45) is 1.16. The van der Waals surface area contributed by atoms with E-state index < -0.39 is 23.5 Å². The summed E-state index contributed by atoms with van der Waals surface area (Å²) in [5.74, 6) is -2.83. The lowest BCUT2D eigenvalue weighted by molar-refractivity contribution is -0.141. The highest BCUT2D eigenvalue weighted by Gasteiger charge is 2.27. The van der Waals surface area contributed by atoms with Crippen molar-refractivity contribution in [1.29, 1.82) is 0 Å². The lowest BCUT2D eigenvalue weighted by Gasteiger charge is -2.25. The van der Waals surface area contributed by atoms with Crippen LogP contribution in [0.3, 0.4) is 0 Å². The first-order valence-corrected chi connectivity index (χ1v) is 6.67. The molecule has 0 saturated heterocycles. The van der Waals surface area contributed by atoms with E-state index >= 15 is 0 Å². The average molecular weight is 296 g/mol. The normalized spacial score (nSPS) is 15.2. The lowest BCUT2D eigenvalue weighted by Crippen LogP contribution is -2.22. The fraction of sp³-hybridized carbons (Fsp3) is 0.467. The molecule has 0 radical (unpaired) electrons. The second-order valence-corrected chi connectivity index (χ2v) is 5.44. The predicted octanol–water partition coefficient (Wildman–Crippen LogP) is 2.19. The Bertz CT molecular complexity index is 535. The minimum absolute atomic E-state index is 0.0634. The smallest absolute Gasteiger partial charge is 0.335 e. The first-order valence-electron chi connectivity index (χ1n) is 6.67. The molecule has 0 aromatic heterocycles. The quantitative estimate of drug-likeness (QED) is 0.613. The van der Waals surface area contributed by atoms with E-state index in [0.29, 0.717) is 12.8 Å². The fourth-order valence-corrected chi connectivity index (χ4v) is 2.13. The highest BCUT2D eigenvalue weighted by molar-refractivity contribution is 5.88. The third-order valence-corrected chi connectivity index (χ3v) is 3.55. The summed E-state index contributed by atoms with van der Waals surface area (Å²) in [6.45, 7) is 3.10. The van der Waals surface area contributed by atoms with Gasteiger partial charge in [0.15, 0.2) is 0 Å². The standard InChI is InChI=1S/C15H20O6/c1-9(13(17)18)4-3-7-15(2,21)11-6-5-10(14(19)20)8-12(11)16/h5-6,8-9,16,21H,3-4,7H2,1-2H3,(H,17,18)(H,19,20)/t9?,15-/m0/s1. The van der Waals surface area contributed by atoms with E-state index in [1.807, 2.05) is 0 Å². The zero-order valence-electron chi connectivity index (χ0n) is 12.0. The SMILES string of the molecule is CC(CCC[C@](C)(O)c1ccc(C(=O)O)cc1O)C(=O)O. The Morgan fingerprint density at radius 3 is 2.38 bits per heavy atom. The van der Waals surface area contributed by atoms with Crippen molar-refractivity contribution < 1.29 is 30.0 Å². The van der Waals surface area contributed by atoms with Gasteiger partial charge in [-0.2, -0.15) is 0 Å². The van der Waals surface area contributed by atoms with Gasteiger partial charge in [0.25, 0.3) is 0 Å². The first kappa shape index (κ1) is 17.0. The van der Waals surface area contributed by atoms with Gasteiger partial charge < -0.3 is 20.4 Å². The third kappa shape index (κ3) is 4.46. The van der Waals surface area contributed by atoms with Crippen LogP contribution in [0.5, 0.6) is 5.75 Å². The van der Waals surface area contributed by atoms with Crippen molar-refractivity contribution in [2.75, 3.05) is 0 Å². The van der Waals surface area contributed by atoms with Gasteiger partial charge in [0.2, 0.25) is 0 Å². The number of phenols is 1. The van der Waals surface area contributed by atoms with Gasteiger partial charge in [-0.1, -0.05) is 13.0 Å². The van der Waals surface area contributed by atoms with Crippen molar-refractivity contribution >= 4 is 11.9 Å². The Hall–Kier alpha value is -2.08. The van der Waals surface area contributed by atoms with Crippen molar-refractivity contribution in [2.45, 2.75) is 38.7 Å². The van der Waals surface area contributed by atoms with Crippen LogP contribution < -0.4 is 0 Å². The van der Waals surface area contributed by atoms with Crippen molar-refractivity contribution in [3.8, 4) is 5.75 Å². The molecule has 116 valence electrons. The second-order valence-electron chi connectivity index (χ2n) is 5.44. The number of carbonyl (C=O) groups is 2. The number of aromatic carboxylic acids is 1. The van der Waals surface area contributed by atoms with Crippen LogP contribution in [0, 0.1) is 5.92 Å². The molecule has 0 amide bonds. The maximum atomic E-state index is 10.8. The Morgan fingerprint density at radius 1 is 1.29 bits per heavy atom. The number of phenolic OH excluding ortho intramolecular Hbond substituents is 1. The summed E-state index contributed by atoms with van der Waals surface area (Å²) in [7, 11) is 0. The summed E-state index contributed by atoms with van der Waals surface area (Å²) in [5, 5.41) is 37.9. The molecule has 0 spiro atoms. The van der Waals surface area contributed by atoms with Crippen LogP contribution >= 0.6 is 0 Å². The number of benzene rings is 1. The summed E-state index contributed by atoms with van der Waals surface area (Å²) in [5.41, 5.74) is -1.18. The summed E-state index contributed by atoms with van der Waals surface area (Å²) >= 11 is 0. The van der Waals surface area contributed by atoms with Gasteiger partial charge in [-0.25, -0.2) is 4.79 Å². The Labute approximate surface area is 122 Å². The molecule has 21 heavy (non-hydrogen) atoms. The van der Waals surface area contributed by atoms with E-state index in [0.717, 1.165) is 6.07 Å². The van der Waals surface area contributed by atoms with E-state index in [2.05, 4.69) is 0 Å². The molecule has 0 aliphatic carbocycles. The molecule has 0 bridgehead atoms. The van der Waals surface area contributed by atoms with Crippen molar-refractivity contribution in [3.05, 3.63) is 29.3 Å². The third-order valence-electron chi connectivity index (χ3n) is 3.55. The van der Waals surface area contributed by atoms with Crippen LogP contribution in [0.2, 0.25) is 0 Å². The van der Waals surface area contributed by atoms with E-state index in [4.69, 9.17) is 10.2 Å². The Morgan fingerprint density at radius 2 is 1.90 bits per heavy atom. The van der Waals surface area contributed by atoms with Crippen molar-refractivity contribution in [1.82, 2.24) is 0 Å². The molecule has 1 rings (SSSR count). The molecule has 0 heterocycles. The maximum Gasteiger partial charge on any atom is 0.335 e. The number of aliphatic hydroxyl groups is 1. The molecule has 6 nitrogen and oxygen atoms in total. The zero-order chi connectivity index (χ0) is 16.2. The number of hydrogen-bond donors (Lipinski definition) is 4. The van der Waals surface area contributed by atoms with E-state index in [1.54, 1.807) is 6.92 Å². The van der Waals surface area contributed by atoms with Gasteiger partial charge in [0.1, 0.15) is 5.75 Å². The monoisotopic (exact) mass is 296 g/mol. The second kappa shape index (κ2) is 6.58.